The lowest BCUT2D eigenvalue weighted by molar-refractivity contribution is -0.132. The first-order valence-corrected chi connectivity index (χ1v) is 8.30. The Labute approximate surface area is 142 Å². The van der Waals surface area contributed by atoms with Crippen LogP contribution in [0.15, 0.2) is 24.3 Å². The molecule has 2 rings (SSSR count). The van der Waals surface area contributed by atoms with Crippen LogP contribution in [0.4, 0.5) is 11.4 Å². The lowest BCUT2D eigenvalue weighted by Crippen LogP contribution is -2.45. The van der Waals surface area contributed by atoms with E-state index in [4.69, 9.17) is 0 Å². The maximum Gasteiger partial charge on any atom is 0.242 e. The molecule has 6 heteroatoms. The summed E-state index contributed by atoms with van der Waals surface area (Å²) in [6.45, 7) is 6.64. The molecule has 1 fully saturated rings. The Morgan fingerprint density at radius 3 is 2.21 bits per heavy atom. The number of piperidine rings is 1. The largest absolute Gasteiger partial charge is 0.341 e. The highest BCUT2D eigenvalue weighted by molar-refractivity contribution is 5.98. The monoisotopic (exact) mass is 331 g/mol. The highest BCUT2D eigenvalue weighted by Crippen LogP contribution is 2.20. The smallest absolute Gasteiger partial charge is 0.242 e. The van der Waals surface area contributed by atoms with Crippen molar-refractivity contribution >= 4 is 29.1 Å². The van der Waals surface area contributed by atoms with Crippen molar-refractivity contribution < 1.29 is 14.4 Å². The quantitative estimate of drug-likeness (QED) is 0.920. The van der Waals surface area contributed by atoms with Gasteiger partial charge in [0.1, 0.15) is 6.54 Å². The van der Waals surface area contributed by atoms with Crippen molar-refractivity contribution in [2.24, 2.45) is 5.92 Å². The number of amides is 3. The Morgan fingerprint density at radius 2 is 1.71 bits per heavy atom. The summed E-state index contributed by atoms with van der Waals surface area (Å²) >= 11 is 0. The molecule has 1 aromatic rings. The predicted octanol–water partition coefficient (Wildman–Crippen LogP) is 2.26. The zero-order chi connectivity index (χ0) is 17.7. The molecule has 1 N–H and O–H groups in total. The minimum absolute atomic E-state index is 0.0250. The van der Waals surface area contributed by atoms with Crippen LogP contribution in [0.2, 0.25) is 0 Å². The topological polar surface area (TPSA) is 69.7 Å². The number of nitrogens with one attached hydrogen (secondary N) is 1. The molecule has 1 aliphatic heterocycles. The number of hydrogen-bond donors (Lipinski definition) is 1. The van der Waals surface area contributed by atoms with Crippen molar-refractivity contribution in [3.05, 3.63) is 24.3 Å². The second-order valence-electron chi connectivity index (χ2n) is 6.40. The normalized spacial score (nSPS) is 15.0. The summed E-state index contributed by atoms with van der Waals surface area (Å²) < 4.78 is 0. The molecule has 1 saturated heterocycles. The Bertz CT molecular complexity index is 604. The van der Waals surface area contributed by atoms with E-state index >= 15 is 0 Å². The first-order valence-electron chi connectivity index (χ1n) is 8.30. The van der Waals surface area contributed by atoms with Gasteiger partial charge in [0.15, 0.2) is 0 Å². The standard InChI is InChI=1S/C18H25N3O3/c1-13-8-10-20(11-9-13)18(24)12-21(15(3)23)17-6-4-16(5-7-17)19-14(2)22/h4-7,13H,8-12H2,1-3H3,(H,19,22). The fourth-order valence-corrected chi connectivity index (χ4v) is 2.81. The van der Waals surface area contributed by atoms with E-state index in [1.165, 1.54) is 18.7 Å². The first kappa shape index (κ1) is 18.0. The predicted molar refractivity (Wildman–Crippen MR) is 93.8 cm³/mol. The van der Waals surface area contributed by atoms with Crippen molar-refractivity contribution in [2.75, 3.05) is 29.9 Å². The minimum Gasteiger partial charge on any atom is -0.341 e. The van der Waals surface area contributed by atoms with Crippen LogP contribution in [-0.2, 0) is 14.4 Å². The zero-order valence-corrected chi connectivity index (χ0v) is 14.5. The van der Waals surface area contributed by atoms with Crippen LogP contribution in [0.1, 0.15) is 33.6 Å². The van der Waals surface area contributed by atoms with Crippen molar-refractivity contribution in [3.63, 3.8) is 0 Å². The summed E-state index contributed by atoms with van der Waals surface area (Å²) in [6, 6.07) is 6.91. The van der Waals surface area contributed by atoms with Crippen LogP contribution in [0.3, 0.4) is 0 Å². The van der Waals surface area contributed by atoms with E-state index in [1.807, 2.05) is 4.90 Å². The van der Waals surface area contributed by atoms with Gasteiger partial charge in [0.2, 0.25) is 17.7 Å². The van der Waals surface area contributed by atoms with Crippen molar-refractivity contribution in [2.45, 2.75) is 33.6 Å². The number of anilines is 2. The number of carbonyl (C=O) groups is 3. The Kier molecular flexibility index (Phi) is 5.95. The second kappa shape index (κ2) is 7.95. The first-order chi connectivity index (χ1) is 11.4. The second-order valence-corrected chi connectivity index (χ2v) is 6.40. The van der Waals surface area contributed by atoms with Crippen LogP contribution in [0.25, 0.3) is 0 Å². The third-order valence-electron chi connectivity index (χ3n) is 4.31. The van der Waals surface area contributed by atoms with E-state index in [1.54, 1.807) is 24.3 Å². The molecule has 1 heterocycles. The van der Waals surface area contributed by atoms with Crippen molar-refractivity contribution in [1.82, 2.24) is 4.90 Å². The van der Waals surface area contributed by atoms with Crippen LogP contribution in [0, 0.1) is 5.92 Å². The highest BCUT2D eigenvalue weighted by atomic mass is 16.2. The molecule has 0 aliphatic carbocycles. The van der Waals surface area contributed by atoms with Gasteiger partial charge in [0.25, 0.3) is 0 Å². The summed E-state index contributed by atoms with van der Waals surface area (Å²) in [6.07, 6.45) is 2.02. The van der Waals surface area contributed by atoms with Gasteiger partial charge in [-0.05, 0) is 43.0 Å². The van der Waals surface area contributed by atoms with Gasteiger partial charge in [0, 0.05) is 38.3 Å². The summed E-state index contributed by atoms with van der Waals surface area (Å²) in [5, 5.41) is 2.68. The van der Waals surface area contributed by atoms with Gasteiger partial charge >= 0.3 is 0 Å². The zero-order valence-electron chi connectivity index (χ0n) is 14.5. The molecule has 130 valence electrons. The van der Waals surface area contributed by atoms with Crippen LogP contribution in [-0.4, -0.2) is 42.3 Å². The van der Waals surface area contributed by atoms with Crippen LogP contribution in [0.5, 0.6) is 0 Å². The van der Waals surface area contributed by atoms with Crippen molar-refractivity contribution in [1.29, 1.82) is 0 Å². The Morgan fingerprint density at radius 1 is 1.12 bits per heavy atom. The molecule has 0 saturated carbocycles. The van der Waals surface area contributed by atoms with Crippen LogP contribution >= 0.6 is 0 Å². The molecule has 0 bridgehead atoms. The number of nitrogens with zero attached hydrogens (tertiary/aromatic N) is 2. The van der Waals surface area contributed by atoms with E-state index in [2.05, 4.69) is 12.2 Å². The number of carbonyl (C=O) groups excluding carboxylic acids is 3. The summed E-state index contributed by atoms with van der Waals surface area (Å²) in [5.41, 5.74) is 1.31. The molecule has 3 amide bonds. The van der Waals surface area contributed by atoms with Gasteiger partial charge in [0.05, 0.1) is 0 Å². The van der Waals surface area contributed by atoms with E-state index in [0.717, 1.165) is 25.9 Å². The number of hydrogen-bond acceptors (Lipinski definition) is 3. The van der Waals surface area contributed by atoms with Crippen molar-refractivity contribution in [3.8, 4) is 0 Å². The SMILES string of the molecule is CC(=O)Nc1ccc(N(CC(=O)N2CCC(C)CC2)C(C)=O)cc1. The Balaban J connectivity index is 2.05. The van der Waals surface area contributed by atoms with E-state index in [9.17, 15) is 14.4 Å². The molecule has 0 spiro atoms. The fourth-order valence-electron chi connectivity index (χ4n) is 2.81. The lowest BCUT2D eigenvalue weighted by atomic mass is 9.99. The van der Waals surface area contributed by atoms with Gasteiger partial charge < -0.3 is 15.1 Å². The van der Waals surface area contributed by atoms with E-state index in [-0.39, 0.29) is 24.3 Å². The summed E-state index contributed by atoms with van der Waals surface area (Å²) in [4.78, 5) is 38.8. The van der Waals surface area contributed by atoms with E-state index < -0.39 is 0 Å². The lowest BCUT2D eigenvalue weighted by Gasteiger charge is -2.32. The summed E-state index contributed by atoms with van der Waals surface area (Å²) in [5.74, 6) is 0.295. The molecular weight excluding hydrogens is 306 g/mol. The van der Waals surface area contributed by atoms with Gasteiger partial charge in [-0.2, -0.15) is 0 Å². The van der Waals surface area contributed by atoms with Crippen LogP contribution < -0.4 is 10.2 Å². The maximum absolute atomic E-state index is 12.5. The number of benzene rings is 1. The number of rotatable bonds is 4. The molecule has 1 aromatic carbocycles. The fraction of sp³-hybridized carbons (Fsp3) is 0.500. The maximum atomic E-state index is 12.5. The average Bonchev–Trinajstić information content (AvgIpc) is 2.53. The molecular formula is C18H25N3O3. The molecule has 1 aliphatic rings. The molecule has 0 atom stereocenters. The van der Waals surface area contributed by atoms with Gasteiger partial charge in [-0.1, -0.05) is 6.92 Å². The van der Waals surface area contributed by atoms with Gasteiger partial charge in [-0.15, -0.1) is 0 Å². The molecule has 0 radical (unpaired) electrons. The molecule has 6 nitrogen and oxygen atoms in total. The summed E-state index contributed by atoms with van der Waals surface area (Å²) in [7, 11) is 0. The highest BCUT2D eigenvalue weighted by Gasteiger charge is 2.23. The Hall–Kier alpha value is -2.37. The molecule has 0 aromatic heterocycles. The third-order valence-corrected chi connectivity index (χ3v) is 4.31. The van der Waals surface area contributed by atoms with Gasteiger partial charge in [-0.25, -0.2) is 0 Å². The minimum atomic E-state index is -0.180. The third kappa shape index (κ3) is 4.81. The average molecular weight is 331 g/mol. The number of likely N-dealkylation sites (tertiary alicyclic amines) is 1. The van der Waals surface area contributed by atoms with Gasteiger partial charge in [-0.3, -0.25) is 14.4 Å². The molecule has 0 unspecified atom stereocenters. The molecule has 24 heavy (non-hydrogen) atoms. The van der Waals surface area contributed by atoms with E-state index in [0.29, 0.717) is 17.3 Å².